The van der Waals surface area contributed by atoms with Gasteiger partial charge in [0.25, 0.3) is 0 Å². The summed E-state index contributed by atoms with van der Waals surface area (Å²) in [5.41, 5.74) is 0. The van der Waals surface area contributed by atoms with Gasteiger partial charge in [0.05, 0.1) is 13.2 Å². The third kappa shape index (κ3) is 29.3. The average Bonchev–Trinajstić information content (AvgIpc) is 3.21. The second-order valence-electron chi connectivity index (χ2n) is 15.1. The number of esters is 2. The van der Waals surface area contributed by atoms with Crippen molar-refractivity contribution < 1.29 is 49.0 Å². The Bertz CT molecular complexity index is 1110. The van der Waals surface area contributed by atoms with E-state index in [1.165, 1.54) is 77.0 Å². The van der Waals surface area contributed by atoms with E-state index in [0.717, 1.165) is 44.9 Å². The van der Waals surface area contributed by atoms with Crippen molar-refractivity contribution >= 4 is 11.9 Å². The Hall–Kier alpha value is -2.60. The van der Waals surface area contributed by atoms with Crippen LogP contribution in [0.5, 0.6) is 0 Å². The molecule has 10 heteroatoms. The van der Waals surface area contributed by atoms with Crippen LogP contribution in [0.15, 0.2) is 60.8 Å². The molecule has 0 amide bonds. The van der Waals surface area contributed by atoms with Gasteiger partial charge in [0.15, 0.2) is 12.4 Å². The Balaban J connectivity index is 2.41. The zero-order valence-electron chi connectivity index (χ0n) is 35.6. The van der Waals surface area contributed by atoms with Crippen LogP contribution in [0.1, 0.15) is 168 Å². The number of carbonyl (C=O) groups excluding carboxylic acids is 2. The minimum atomic E-state index is -1.61. The van der Waals surface area contributed by atoms with Crippen LogP contribution < -0.4 is 0 Å². The molecule has 0 saturated carbocycles. The molecular weight excluding hydrogens is 725 g/mol. The van der Waals surface area contributed by atoms with E-state index in [9.17, 15) is 30.0 Å². The van der Waals surface area contributed by atoms with Crippen molar-refractivity contribution in [2.45, 2.75) is 205 Å². The minimum absolute atomic E-state index is 0.149. The van der Waals surface area contributed by atoms with Gasteiger partial charge in [-0.25, -0.2) is 0 Å². The van der Waals surface area contributed by atoms with Gasteiger partial charge < -0.3 is 39.4 Å². The number of hydrogen-bond donors (Lipinski definition) is 4. The molecule has 1 rings (SSSR count). The lowest BCUT2D eigenvalue weighted by molar-refractivity contribution is -0.305. The molecule has 0 aliphatic carbocycles. The molecule has 0 aromatic heterocycles. The second kappa shape index (κ2) is 37.7. The molecule has 0 bridgehead atoms. The summed E-state index contributed by atoms with van der Waals surface area (Å²) in [6.07, 6.45) is 38.1. The van der Waals surface area contributed by atoms with Crippen molar-refractivity contribution in [3.63, 3.8) is 0 Å². The van der Waals surface area contributed by atoms with Gasteiger partial charge in [-0.05, 0) is 77.0 Å². The van der Waals surface area contributed by atoms with E-state index in [1.54, 1.807) is 0 Å². The number of aliphatic hydroxyl groups is 4. The molecule has 1 aliphatic heterocycles. The number of allylic oxidation sites excluding steroid dienone is 10. The van der Waals surface area contributed by atoms with E-state index in [0.29, 0.717) is 19.3 Å². The maximum atomic E-state index is 12.7. The first-order chi connectivity index (χ1) is 27.8. The summed E-state index contributed by atoms with van der Waals surface area (Å²) in [5, 5.41) is 40.0. The first-order valence-corrected chi connectivity index (χ1v) is 22.4. The zero-order chi connectivity index (χ0) is 41.6. The van der Waals surface area contributed by atoms with Crippen molar-refractivity contribution in [3.05, 3.63) is 60.8 Å². The highest BCUT2D eigenvalue weighted by Crippen LogP contribution is 2.22. The van der Waals surface area contributed by atoms with Gasteiger partial charge in [-0.2, -0.15) is 0 Å². The molecule has 0 aromatic carbocycles. The molecule has 0 radical (unpaired) electrons. The quantitative estimate of drug-likeness (QED) is 0.0274. The SMILES string of the molecule is CCCCCCCC/C=C/C/C=C/C/C=C/CCCC(=O)O[C@H](COC(=O)CCCC/C=C/C/C=C/CCCCCCCC)CO[C@@H]1O[C@H](CO)[C@H](O)C(O)C1O. The Labute approximate surface area is 345 Å². The molecular formula is C47H80O10. The fraction of sp³-hybridized carbons (Fsp3) is 0.745. The Morgan fingerprint density at radius 1 is 0.544 bits per heavy atom. The summed E-state index contributed by atoms with van der Waals surface area (Å²) in [6.45, 7) is 3.31. The van der Waals surface area contributed by atoms with Crippen LogP contribution in [0, 0.1) is 0 Å². The molecule has 0 aromatic rings. The minimum Gasteiger partial charge on any atom is -0.462 e. The normalized spacial score (nSPS) is 20.8. The van der Waals surface area contributed by atoms with E-state index < -0.39 is 55.4 Å². The van der Waals surface area contributed by atoms with Crippen LogP contribution >= 0.6 is 0 Å². The van der Waals surface area contributed by atoms with E-state index in [2.05, 4.69) is 68.5 Å². The molecule has 0 spiro atoms. The molecule has 328 valence electrons. The highest BCUT2D eigenvalue weighted by molar-refractivity contribution is 5.70. The van der Waals surface area contributed by atoms with Gasteiger partial charge in [-0.3, -0.25) is 9.59 Å². The smallest absolute Gasteiger partial charge is 0.306 e. The number of carbonyl (C=O) groups is 2. The van der Waals surface area contributed by atoms with Gasteiger partial charge in [0.2, 0.25) is 0 Å². The van der Waals surface area contributed by atoms with Gasteiger partial charge in [-0.15, -0.1) is 0 Å². The molecule has 1 saturated heterocycles. The number of aliphatic hydroxyl groups excluding tert-OH is 4. The molecule has 2 unspecified atom stereocenters. The fourth-order valence-electron chi connectivity index (χ4n) is 6.29. The van der Waals surface area contributed by atoms with Crippen LogP contribution in [0.3, 0.4) is 0 Å². The zero-order valence-corrected chi connectivity index (χ0v) is 35.6. The number of unbranched alkanes of at least 4 members (excludes halogenated alkanes) is 15. The average molecular weight is 805 g/mol. The first-order valence-electron chi connectivity index (χ1n) is 22.4. The van der Waals surface area contributed by atoms with Gasteiger partial charge in [-0.1, -0.05) is 139 Å². The van der Waals surface area contributed by atoms with Crippen LogP contribution in [-0.2, 0) is 28.5 Å². The molecule has 1 heterocycles. The van der Waals surface area contributed by atoms with Crippen LogP contribution in [0.2, 0.25) is 0 Å². The van der Waals surface area contributed by atoms with Gasteiger partial charge in [0, 0.05) is 12.8 Å². The summed E-state index contributed by atoms with van der Waals surface area (Å²) in [6, 6.07) is 0. The van der Waals surface area contributed by atoms with E-state index in [4.69, 9.17) is 18.9 Å². The predicted octanol–water partition coefficient (Wildman–Crippen LogP) is 9.44. The van der Waals surface area contributed by atoms with Crippen LogP contribution in [0.4, 0.5) is 0 Å². The van der Waals surface area contributed by atoms with Gasteiger partial charge in [0.1, 0.15) is 31.0 Å². The molecule has 4 N–H and O–H groups in total. The van der Waals surface area contributed by atoms with Crippen LogP contribution in [0.25, 0.3) is 0 Å². The summed E-state index contributed by atoms with van der Waals surface area (Å²) in [5.74, 6) is -0.910. The fourth-order valence-corrected chi connectivity index (χ4v) is 6.29. The maximum Gasteiger partial charge on any atom is 0.306 e. The third-order valence-corrected chi connectivity index (χ3v) is 9.88. The Kier molecular flexibility index (Phi) is 34.6. The summed E-state index contributed by atoms with van der Waals surface area (Å²) < 4.78 is 22.0. The monoisotopic (exact) mass is 805 g/mol. The summed E-state index contributed by atoms with van der Waals surface area (Å²) >= 11 is 0. The lowest BCUT2D eigenvalue weighted by Crippen LogP contribution is -2.59. The number of ether oxygens (including phenoxy) is 4. The highest BCUT2D eigenvalue weighted by atomic mass is 16.7. The second-order valence-corrected chi connectivity index (χ2v) is 15.1. The molecule has 57 heavy (non-hydrogen) atoms. The van der Waals surface area contributed by atoms with E-state index in [1.807, 2.05) is 6.08 Å². The molecule has 10 nitrogen and oxygen atoms in total. The van der Waals surface area contributed by atoms with Crippen LogP contribution in [-0.4, -0.2) is 89.0 Å². The molecule has 1 fully saturated rings. The number of hydrogen-bond acceptors (Lipinski definition) is 10. The van der Waals surface area contributed by atoms with E-state index >= 15 is 0 Å². The lowest BCUT2D eigenvalue weighted by Gasteiger charge is -2.39. The predicted molar refractivity (Wildman–Crippen MR) is 228 cm³/mol. The Morgan fingerprint density at radius 2 is 1.00 bits per heavy atom. The standard InChI is InChI=1S/C47H80O10/c1-3-5-7-9-11-13-15-17-19-20-22-24-26-28-30-32-34-36-43(50)56-40(39-55-47-46(53)45(52)44(51)41(37-48)57-47)38-54-42(49)35-33-31-29-27-25-23-21-18-16-14-12-10-8-6-4-2/h17-19,21-22,24-25,27-28,30,40-41,44-48,51-53H,3-16,20,23,26,29,31-39H2,1-2H3/b19-17+,21-18+,24-22+,27-25+,30-28+/t40-,41-,44+,45?,46?,47-/m1/s1. The van der Waals surface area contributed by atoms with Crippen molar-refractivity contribution in [2.75, 3.05) is 19.8 Å². The van der Waals surface area contributed by atoms with Crippen molar-refractivity contribution in [3.8, 4) is 0 Å². The largest absolute Gasteiger partial charge is 0.462 e. The maximum absolute atomic E-state index is 12.7. The first kappa shape index (κ1) is 52.4. The third-order valence-electron chi connectivity index (χ3n) is 9.88. The molecule has 1 aliphatic rings. The lowest BCUT2D eigenvalue weighted by atomic mass is 9.99. The number of rotatable bonds is 36. The van der Waals surface area contributed by atoms with Crippen molar-refractivity contribution in [2.24, 2.45) is 0 Å². The van der Waals surface area contributed by atoms with Crippen molar-refractivity contribution in [1.29, 1.82) is 0 Å². The highest BCUT2D eigenvalue weighted by Gasteiger charge is 2.44. The molecule has 6 atom stereocenters. The van der Waals surface area contributed by atoms with E-state index in [-0.39, 0.29) is 26.1 Å². The van der Waals surface area contributed by atoms with Crippen molar-refractivity contribution in [1.82, 2.24) is 0 Å². The topological polar surface area (TPSA) is 152 Å². The summed E-state index contributed by atoms with van der Waals surface area (Å²) in [7, 11) is 0. The summed E-state index contributed by atoms with van der Waals surface area (Å²) in [4.78, 5) is 25.3. The Morgan fingerprint density at radius 3 is 1.53 bits per heavy atom. The van der Waals surface area contributed by atoms with Gasteiger partial charge >= 0.3 is 11.9 Å².